The van der Waals surface area contributed by atoms with Crippen molar-refractivity contribution in [1.29, 1.82) is 0 Å². The number of benzene rings is 2. The highest BCUT2D eigenvalue weighted by molar-refractivity contribution is 5.79. The Hall–Kier alpha value is -3.12. The Bertz CT molecular complexity index is 907. The maximum Gasteiger partial charge on any atom is 0.191 e. The van der Waals surface area contributed by atoms with Crippen LogP contribution in [0.5, 0.6) is 0 Å². The van der Waals surface area contributed by atoms with Gasteiger partial charge in [-0.15, -0.1) is 0 Å². The molecular formula is C23H27FN4O. The maximum atomic E-state index is 13.0. The summed E-state index contributed by atoms with van der Waals surface area (Å²) >= 11 is 0. The molecule has 29 heavy (non-hydrogen) atoms. The molecule has 0 amide bonds. The van der Waals surface area contributed by atoms with Gasteiger partial charge in [-0.05, 0) is 48.0 Å². The molecule has 0 saturated carbocycles. The van der Waals surface area contributed by atoms with E-state index in [0.717, 1.165) is 24.4 Å². The average molecular weight is 394 g/mol. The van der Waals surface area contributed by atoms with Crippen molar-refractivity contribution < 1.29 is 8.81 Å². The first-order chi connectivity index (χ1) is 14.1. The van der Waals surface area contributed by atoms with Crippen molar-refractivity contribution in [2.75, 3.05) is 14.1 Å². The van der Waals surface area contributed by atoms with Crippen LogP contribution in [0.25, 0.3) is 0 Å². The van der Waals surface area contributed by atoms with E-state index in [1.807, 2.05) is 18.2 Å². The number of furan rings is 1. The van der Waals surface area contributed by atoms with Crippen LogP contribution in [-0.2, 0) is 26.2 Å². The second kappa shape index (κ2) is 10.4. The summed E-state index contributed by atoms with van der Waals surface area (Å²) in [5.74, 6) is 1.42. The summed E-state index contributed by atoms with van der Waals surface area (Å²) < 4.78 is 18.5. The second-order valence-corrected chi connectivity index (χ2v) is 6.93. The molecule has 2 aromatic carbocycles. The fourth-order valence-corrected chi connectivity index (χ4v) is 3.09. The number of halogens is 1. The summed E-state index contributed by atoms with van der Waals surface area (Å²) in [5.41, 5.74) is 3.46. The Morgan fingerprint density at radius 2 is 1.66 bits per heavy atom. The third-order valence-electron chi connectivity index (χ3n) is 4.61. The molecule has 1 aromatic heterocycles. The largest absolute Gasteiger partial charge is 0.468 e. The van der Waals surface area contributed by atoms with Gasteiger partial charge in [-0.1, -0.05) is 36.4 Å². The Kier molecular flexibility index (Phi) is 7.41. The molecular weight excluding hydrogens is 367 g/mol. The fourth-order valence-electron chi connectivity index (χ4n) is 3.09. The molecule has 0 aliphatic heterocycles. The lowest BCUT2D eigenvalue weighted by Crippen LogP contribution is -2.36. The van der Waals surface area contributed by atoms with Gasteiger partial charge in [0.25, 0.3) is 0 Å². The van der Waals surface area contributed by atoms with E-state index < -0.39 is 0 Å². The molecule has 0 fully saturated rings. The maximum absolute atomic E-state index is 13.0. The van der Waals surface area contributed by atoms with Crippen LogP contribution in [0, 0.1) is 5.82 Å². The summed E-state index contributed by atoms with van der Waals surface area (Å²) in [5, 5.41) is 6.61. The number of guanidine groups is 1. The Labute approximate surface area is 171 Å². The number of nitrogens with one attached hydrogen (secondary N) is 2. The van der Waals surface area contributed by atoms with Crippen molar-refractivity contribution >= 4 is 5.96 Å². The lowest BCUT2D eigenvalue weighted by atomic mass is 10.1. The summed E-state index contributed by atoms with van der Waals surface area (Å²) in [6.07, 6.45) is 1.70. The third kappa shape index (κ3) is 6.47. The predicted molar refractivity (Wildman–Crippen MR) is 114 cm³/mol. The van der Waals surface area contributed by atoms with Crippen LogP contribution in [0.3, 0.4) is 0 Å². The van der Waals surface area contributed by atoms with E-state index in [1.165, 1.54) is 23.3 Å². The first kappa shape index (κ1) is 20.6. The Balaban J connectivity index is 1.54. The quantitative estimate of drug-likeness (QED) is 0.449. The molecule has 0 bridgehead atoms. The normalized spacial score (nSPS) is 11.7. The monoisotopic (exact) mass is 394 g/mol. The molecule has 1 heterocycles. The topological polar surface area (TPSA) is 52.8 Å². The molecule has 0 unspecified atom stereocenters. The van der Waals surface area contributed by atoms with E-state index in [2.05, 4.69) is 45.8 Å². The molecule has 152 valence electrons. The summed E-state index contributed by atoms with van der Waals surface area (Å²) in [7, 11) is 3.82. The van der Waals surface area contributed by atoms with Crippen molar-refractivity contribution in [2.45, 2.75) is 26.2 Å². The van der Waals surface area contributed by atoms with Crippen LogP contribution < -0.4 is 10.6 Å². The molecule has 3 aromatic rings. The average Bonchev–Trinajstić information content (AvgIpc) is 3.23. The number of rotatable bonds is 8. The molecule has 2 N–H and O–H groups in total. The molecule has 6 heteroatoms. The van der Waals surface area contributed by atoms with Crippen molar-refractivity contribution in [1.82, 2.24) is 15.5 Å². The van der Waals surface area contributed by atoms with Crippen LogP contribution in [0.4, 0.5) is 4.39 Å². The van der Waals surface area contributed by atoms with Gasteiger partial charge >= 0.3 is 0 Å². The lowest BCUT2D eigenvalue weighted by molar-refractivity contribution is 0.287. The van der Waals surface area contributed by atoms with Gasteiger partial charge in [0.05, 0.1) is 12.8 Å². The van der Waals surface area contributed by atoms with Crippen molar-refractivity contribution in [3.8, 4) is 0 Å². The van der Waals surface area contributed by atoms with E-state index in [9.17, 15) is 4.39 Å². The van der Waals surface area contributed by atoms with E-state index in [0.29, 0.717) is 19.0 Å². The zero-order valence-corrected chi connectivity index (χ0v) is 16.9. The number of hydrogen-bond donors (Lipinski definition) is 2. The van der Waals surface area contributed by atoms with Gasteiger partial charge < -0.3 is 15.1 Å². The number of nitrogens with zero attached hydrogens (tertiary/aromatic N) is 2. The molecule has 0 saturated heterocycles. The molecule has 3 rings (SSSR count). The van der Waals surface area contributed by atoms with Crippen LogP contribution >= 0.6 is 0 Å². The smallest absolute Gasteiger partial charge is 0.191 e. The summed E-state index contributed by atoms with van der Waals surface area (Å²) in [6.45, 7) is 2.82. The minimum atomic E-state index is -0.232. The predicted octanol–water partition coefficient (Wildman–Crippen LogP) is 3.92. The van der Waals surface area contributed by atoms with Crippen LogP contribution in [0.2, 0.25) is 0 Å². The minimum Gasteiger partial charge on any atom is -0.468 e. The van der Waals surface area contributed by atoms with Crippen molar-refractivity contribution in [3.63, 3.8) is 0 Å². The van der Waals surface area contributed by atoms with Crippen LogP contribution in [0.15, 0.2) is 76.3 Å². The summed E-state index contributed by atoms with van der Waals surface area (Å²) in [6, 6.07) is 18.7. The lowest BCUT2D eigenvalue weighted by Gasteiger charge is -2.19. The first-order valence-corrected chi connectivity index (χ1v) is 9.60. The van der Waals surface area contributed by atoms with Gasteiger partial charge in [0.2, 0.25) is 0 Å². The number of hydrogen-bond acceptors (Lipinski definition) is 3. The first-order valence-electron chi connectivity index (χ1n) is 9.60. The van der Waals surface area contributed by atoms with Gasteiger partial charge in [0.15, 0.2) is 5.96 Å². The SMILES string of the molecule is CN=C(NCc1ccc(F)cc1)NCc1ccccc1CN(C)Cc1ccco1. The molecule has 0 aliphatic rings. The second-order valence-electron chi connectivity index (χ2n) is 6.93. The van der Waals surface area contributed by atoms with E-state index in [4.69, 9.17) is 4.42 Å². The molecule has 0 atom stereocenters. The van der Waals surface area contributed by atoms with E-state index in [-0.39, 0.29) is 5.82 Å². The molecule has 0 radical (unpaired) electrons. The number of aliphatic imine (C=N–C) groups is 1. The fraction of sp³-hybridized carbons (Fsp3) is 0.261. The van der Waals surface area contributed by atoms with Crippen molar-refractivity contribution in [3.05, 3.63) is 95.2 Å². The summed E-state index contributed by atoms with van der Waals surface area (Å²) in [4.78, 5) is 6.50. The zero-order chi connectivity index (χ0) is 20.5. The van der Waals surface area contributed by atoms with E-state index in [1.54, 1.807) is 25.4 Å². The Morgan fingerprint density at radius 1 is 0.931 bits per heavy atom. The highest BCUT2D eigenvalue weighted by Gasteiger charge is 2.08. The molecule has 0 aliphatic carbocycles. The highest BCUT2D eigenvalue weighted by Crippen LogP contribution is 2.13. The zero-order valence-electron chi connectivity index (χ0n) is 16.9. The third-order valence-corrected chi connectivity index (χ3v) is 4.61. The standard InChI is InChI=1S/C23H27FN4O/c1-25-23(26-14-18-9-11-21(24)12-10-18)27-15-19-6-3-4-7-20(19)16-28(2)17-22-8-5-13-29-22/h3-13H,14-17H2,1-2H3,(H2,25,26,27). The van der Waals surface area contributed by atoms with Crippen LogP contribution in [0.1, 0.15) is 22.5 Å². The van der Waals surface area contributed by atoms with Gasteiger partial charge in [-0.25, -0.2) is 4.39 Å². The molecule has 5 nitrogen and oxygen atoms in total. The molecule has 0 spiro atoms. The van der Waals surface area contributed by atoms with Crippen LogP contribution in [-0.4, -0.2) is 25.0 Å². The Morgan fingerprint density at radius 3 is 2.34 bits per heavy atom. The highest BCUT2D eigenvalue weighted by atomic mass is 19.1. The van der Waals surface area contributed by atoms with Gasteiger partial charge in [-0.3, -0.25) is 9.89 Å². The van der Waals surface area contributed by atoms with Gasteiger partial charge in [0.1, 0.15) is 11.6 Å². The van der Waals surface area contributed by atoms with Gasteiger partial charge in [0, 0.05) is 26.7 Å². The van der Waals surface area contributed by atoms with Gasteiger partial charge in [-0.2, -0.15) is 0 Å². The van der Waals surface area contributed by atoms with Crippen molar-refractivity contribution in [2.24, 2.45) is 4.99 Å². The minimum absolute atomic E-state index is 0.232. The van der Waals surface area contributed by atoms with E-state index >= 15 is 0 Å².